The minimum absolute atomic E-state index is 0.440. The lowest BCUT2D eigenvalue weighted by Gasteiger charge is -2.22. The minimum Gasteiger partial charge on any atom is -0.465 e. The molecule has 19 heavy (non-hydrogen) atoms. The van der Waals surface area contributed by atoms with E-state index < -0.39 is 6.09 Å². The predicted molar refractivity (Wildman–Crippen MR) is 75.9 cm³/mol. The molecule has 0 aliphatic carbocycles. The topological polar surface area (TPSA) is 61.8 Å². The smallest absolute Gasteiger partial charge is 0.404 e. The molecule has 106 valence electrons. The fourth-order valence-electron chi connectivity index (χ4n) is 1.86. The molecule has 1 aromatic carbocycles. The molecule has 5 heteroatoms. The maximum Gasteiger partial charge on any atom is 0.404 e. The summed E-state index contributed by atoms with van der Waals surface area (Å²) in [5, 5.41) is 10.9. The van der Waals surface area contributed by atoms with E-state index in [0.717, 1.165) is 24.3 Å². The van der Waals surface area contributed by atoms with Gasteiger partial charge in [0.05, 0.1) is 6.61 Å². The van der Waals surface area contributed by atoms with E-state index in [1.165, 1.54) is 0 Å². The highest BCUT2D eigenvalue weighted by Crippen LogP contribution is 2.15. The molecule has 0 radical (unpaired) electrons. The van der Waals surface area contributed by atoms with Crippen LogP contribution in [-0.2, 0) is 11.2 Å². The fraction of sp³-hybridized carbons (Fsp3) is 0.500. The summed E-state index contributed by atoms with van der Waals surface area (Å²) in [5.41, 5.74) is 2.29. The number of nitrogens with zero attached hydrogens (tertiary/aromatic N) is 1. The van der Waals surface area contributed by atoms with Crippen molar-refractivity contribution >= 4 is 11.8 Å². The fourth-order valence-corrected chi connectivity index (χ4v) is 1.86. The van der Waals surface area contributed by atoms with Gasteiger partial charge >= 0.3 is 6.09 Å². The molecule has 0 aliphatic rings. The summed E-state index contributed by atoms with van der Waals surface area (Å²) in [4.78, 5) is 12.6. The van der Waals surface area contributed by atoms with E-state index in [0.29, 0.717) is 19.6 Å². The van der Waals surface area contributed by atoms with Crippen molar-refractivity contribution in [3.63, 3.8) is 0 Å². The number of benzene rings is 1. The highest BCUT2D eigenvalue weighted by molar-refractivity contribution is 5.64. The van der Waals surface area contributed by atoms with Gasteiger partial charge in [-0.1, -0.05) is 12.1 Å². The Labute approximate surface area is 114 Å². The first-order chi connectivity index (χ1) is 9.17. The molecule has 0 saturated carbocycles. The summed E-state index contributed by atoms with van der Waals surface area (Å²) in [6.07, 6.45) is -0.273. The second-order valence-corrected chi connectivity index (χ2v) is 4.22. The summed E-state index contributed by atoms with van der Waals surface area (Å²) in [6, 6.07) is 8.20. The number of methoxy groups -OCH3 is 1. The molecule has 0 fully saturated rings. The molecule has 2 N–H and O–H groups in total. The van der Waals surface area contributed by atoms with Crippen molar-refractivity contribution < 1.29 is 14.6 Å². The molecule has 0 unspecified atom stereocenters. The van der Waals surface area contributed by atoms with Gasteiger partial charge in [-0.05, 0) is 31.0 Å². The van der Waals surface area contributed by atoms with Crippen LogP contribution in [-0.4, -0.2) is 44.6 Å². The third-order valence-electron chi connectivity index (χ3n) is 2.94. The van der Waals surface area contributed by atoms with Crippen LogP contribution >= 0.6 is 0 Å². The second-order valence-electron chi connectivity index (χ2n) is 4.22. The SMILES string of the molecule is CCN(CCOC)c1ccc(CCNC(=O)O)cc1. The Morgan fingerprint density at radius 2 is 2.05 bits per heavy atom. The molecule has 0 saturated heterocycles. The normalized spacial score (nSPS) is 10.2. The number of carbonyl (C=O) groups is 1. The van der Waals surface area contributed by atoms with Crippen molar-refractivity contribution in [3.05, 3.63) is 29.8 Å². The van der Waals surface area contributed by atoms with Crippen molar-refractivity contribution in [2.45, 2.75) is 13.3 Å². The van der Waals surface area contributed by atoms with Crippen LogP contribution in [0.1, 0.15) is 12.5 Å². The molecular formula is C14H22N2O3. The lowest BCUT2D eigenvalue weighted by atomic mass is 10.1. The largest absolute Gasteiger partial charge is 0.465 e. The quantitative estimate of drug-likeness (QED) is 0.755. The number of anilines is 1. The van der Waals surface area contributed by atoms with E-state index in [1.807, 2.05) is 12.1 Å². The van der Waals surface area contributed by atoms with Gasteiger partial charge < -0.3 is 20.1 Å². The molecule has 1 amide bonds. The minimum atomic E-state index is -0.978. The first-order valence-corrected chi connectivity index (χ1v) is 6.47. The number of amides is 1. The molecule has 0 aliphatic heterocycles. The molecule has 0 atom stereocenters. The van der Waals surface area contributed by atoms with Gasteiger partial charge in [0, 0.05) is 32.4 Å². The van der Waals surface area contributed by atoms with Gasteiger partial charge in [0.1, 0.15) is 0 Å². The lowest BCUT2D eigenvalue weighted by Crippen LogP contribution is -2.26. The van der Waals surface area contributed by atoms with Crippen molar-refractivity contribution in [2.75, 3.05) is 38.3 Å². The highest BCUT2D eigenvalue weighted by atomic mass is 16.5. The second kappa shape index (κ2) is 8.37. The van der Waals surface area contributed by atoms with Gasteiger partial charge in [-0.2, -0.15) is 0 Å². The van der Waals surface area contributed by atoms with Crippen LogP contribution in [0.4, 0.5) is 10.5 Å². The van der Waals surface area contributed by atoms with E-state index in [-0.39, 0.29) is 0 Å². The number of hydrogen-bond donors (Lipinski definition) is 2. The van der Waals surface area contributed by atoms with E-state index >= 15 is 0 Å². The van der Waals surface area contributed by atoms with Gasteiger partial charge in [-0.15, -0.1) is 0 Å². The van der Waals surface area contributed by atoms with Crippen molar-refractivity contribution in [3.8, 4) is 0 Å². The van der Waals surface area contributed by atoms with E-state index in [4.69, 9.17) is 9.84 Å². The maximum atomic E-state index is 10.3. The molecular weight excluding hydrogens is 244 g/mol. The monoisotopic (exact) mass is 266 g/mol. The lowest BCUT2D eigenvalue weighted by molar-refractivity contribution is 0.194. The van der Waals surface area contributed by atoms with Crippen molar-refractivity contribution in [1.29, 1.82) is 0 Å². The van der Waals surface area contributed by atoms with Crippen LogP contribution in [0, 0.1) is 0 Å². The van der Waals surface area contributed by atoms with Crippen LogP contribution in [0.5, 0.6) is 0 Å². The van der Waals surface area contributed by atoms with Crippen LogP contribution < -0.4 is 10.2 Å². The number of nitrogens with one attached hydrogen (secondary N) is 1. The Bertz CT molecular complexity index is 379. The first-order valence-electron chi connectivity index (χ1n) is 6.47. The number of rotatable bonds is 8. The summed E-state index contributed by atoms with van der Waals surface area (Å²) in [5.74, 6) is 0. The maximum absolute atomic E-state index is 10.3. The number of ether oxygens (including phenoxy) is 1. The Morgan fingerprint density at radius 3 is 2.58 bits per heavy atom. The van der Waals surface area contributed by atoms with Crippen LogP contribution in [0.25, 0.3) is 0 Å². The van der Waals surface area contributed by atoms with Gasteiger partial charge in [0.2, 0.25) is 0 Å². The molecule has 0 bridgehead atoms. The van der Waals surface area contributed by atoms with Gasteiger partial charge in [0.25, 0.3) is 0 Å². The van der Waals surface area contributed by atoms with Gasteiger partial charge in [0.15, 0.2) is 0 Å². The van der Waals surface area contributed by atoms with Crippen LogP contribution in [0.3, 0.4) is 0 Å². The van der Waals surface area contributed by atoms with Gasteiger partial charge in [-0.25, -0.2) is 4.79 Å². The van der Waals surface area contributed by atoms with Crippen molar-refractivity contribution in [2.24, 2.45) is 0 Å². The average molecular weight is 266 g/mol. The van der Waals surface area contributed by atoms with E-state index in [9.17, 15) is 4.79 Å². The Morgan fingerprint density at radius 1 is 1.37 bits per heavy atom. The summed E-state index contributed by atoms with van der Waals surface area (Å²) < 4.78 is 5.09. The molecule has 1 rings (SSSR count). The zero-order valence-electron chi connectivity index (χ0n) is 11.6. The van der Waals surface area contributed by atoms with Crippen molar-refractivity contribution in [1.82, 2.24) is 5.32 Å². The number of hydrogen-bond acceptors (Lipinski definition) is 3. The molecule has 0 spiro atoms. The van der Waals surface area contributed by atoms with Gasteiger partial charge in [-0.3, -0.25) is 0 Å². The van der Waals surface area contributed by atoms with E-state index in [1.54, 1.807) is 7.11 Å². The summed E-state index contributed by atoms with van der Waals surface area (Å²) >= 11 is 0. The molecule has 0 heterocycles. The Kier molecular flexibility index (Phi) is 6.74. The molecule has 0 aromatic heterocycles. The predicted octanol–water partition coefficient (Wildman–Crippen LogP) is 1.97. The average Bonchev–Trinajstić information content (AvgIpc) is 2.41. The highest BCUT2D eigenvalue weighted by Gasteiger charge is 2.04. The third kappa shape index (κ3) is 5.61. The van der Waals surface area contributed by atoms with Crippen LogP contribution in [0.2, 0.25) is 0 Å². The summed E-state index contributed by atoms with van der Waals surface area (Å²) in [7, 11) is 1.70. The number of likely N-dealkylation sites (N-methyl/N-ethyl adjacent to an activating group) is 1. The number of carboxylic acid groups (broad SMARTS) is 1. The Balaban J connectivity index is 2.51. The van der Waals surface area contributed by atoms with Crippen LogP contribution in [0.15, 0.2) is 24.3 Å². The summed E-state index contributed by atoms with van der Waals surface area (Å²) in [6.45, 7) is 5.06. The first kappa shape index (κ1) is 15.3. The third-order valence-corrected chi connectivity index (χ3v) is 2.94. The van der Waals surface area contributed by atoms with E-state index in [2.05, 4.69) is 29.3 Å². The zero-order chi connectivity index (χ0) is 14.1. The Hall–Kier alpha value is -1.75. The molecule has 1 aromatic rings. The zero-order valence-corrected chi connectivity index (χ0v) is 11.6. The molecule has 5 nitrogen and oxygen atoms in total. The standard InChI is InChI=1S/C14H22N2O3/c1-3-16(10-11-19-2)13-6-4-12(5-7-13)8-9-15-14(17)18/h4-7,15H,3,8-11H2,1-2H3,(H,17,18).